The van der Waals surface area contributed by atoms with Crippen molar-refractivity contribution in [1.29, 1.82) is 0 Å². The van der Waals surface area contributed by atoms with Gasteiger partial charge in [-0.15, -0.1) is 0 Å². The third kappa shape index (κ3) is 3.42. The summed E-state index contributed by atoms with van der Waals surface area (Å²) in [4.78, 5) is 4.08. The SMILES string of the molecule is O=S(=O)(Nc1cccc(Br)n1)C1CCCCC1. The Bertz CT molecular complexity index is 484. The third-order valence-corrected chi connectivity index (χ3v) is 5.24. The normalized spacial score (nSPS) is 17.9. The zero-order valence-electron chi connectivity index (χ0n) is 9.39. The number of hydrogen-bond acceptors (Lipinski definition) is 3. The Morgan fingerprint density at radius 2 is 1.94 bits per heavy atom. The van der Waals surface area contributed by atoms with Crippen molar-refractivity contribution in [2.75, 3.05) is 4.72 Å². The largest absolute Gasteiger partial charge is 0.267 e. The molecule has 0 unspecified atom stereocenters. The van der Waals surface area contributed by atoms with Gasteiger partial charge in [-0.05, 0) is 40.9 Å². The molecule has 0 aromatic carbocycles. The van der Waals surface area contributed by atoms with Crippen molar-refractivity contribution >= 4 is 31.8 Å². The van der Waals surface area contributed by atoms with Crippen molar-refractivity contribution in [3.05, 3.63) is 22.8 Å². The molecule has 1 heterocycles. The van der Waals surface area contributed by atoms with E-state index in [-0.39, 0.29) is 5.25 Å². The minimum absolute atomic E-state index is 0.267. The number of anilines is 1. The number of pyridine rings is 1. The molecule has 1 aliphatic rings. The van der Waals surface area contributed by atoms with Gasteiger partial charge in [-0.3, -0.25) is 4.72 Å². The van der Waals surface area contributed by atoms with Gasteiger partial charge in [-0.2, -0.15) is 0 Å². The Balaban J connectivity index is 2.11. The first-order valence-corrected chi connectivity index (χ1v) is 8.06. The van der Waals surface area contributed by atoms with Gasteiger partial charge in [-0.25, -0.2) is 13.4 Å². The molecule has 2 rings (SSSR count). The zero-order chi connectivity index (χ0) is 12.3. The number of aromatic nitrogens is 1. The monoisotopic (exact) mass is 318 g/mol. The predicted molar refractivity (Wildman–Crippen MR) is 71.4 cm³/mol. The molecule has 0 atom stereocenters. The molecule has 1 fully saturated rings. The van der Waals surface area contributed by atoms with E-state index in [1.807, 2.05) is 0 Å². The molecule has 1 N–H and O–H groups in total. The van der Waals surface area contributed by atoms with Crippen LogP contribution in [0.2, 0.25) is 0 Å². The highest BCUT2D eigenvalue weighted by Crippen LogP contribution is 2.25. The average Bonchev–Trinajstić information content (AvgIpc) is 2.29. The molecule has 1 saturated carbocycles. The maximum atomic E-state index is 12.1. The van der Waals surface area contributed by atoms with E-state index in [0.717, 1.165) is 32.1 Å². The van der Waals surface area contributed by atoms with Crippen molar-refractivity contribution in [1.82, 2.24) is 4.98 Å². The van der Waals surface area contributed by atoms with Crippen molar-refractivity contribution in [3.8, 4) is 0 Å². The fourth-order valence-corrected chi connectivity index (χ4v) is 3.94. The first-order valence-electron chi connectivity index (χ1n) is 5.72. The van der Waals surface area contributed by atoms with Crippen LogP contribution in [0.15, 0.2) is 22.8 Å². The van der Waals surface area contributed by atoms with Crippen molar-refractivity contribution in [2.24, 2.45) is 0 Å². The Hall–Kier alpha value is -0.620. The Morgan fingerprint density at radius 1 is 1.24 bits per heavy atom. The van der Waals surface area contributed by atoms with Crippen molar-refractivity contribution < 1.29 is 8.42 Å². The standard InChI is InChI=1S/C11H15BrN2O2S/c12-10-7-4-8-11(13-10)14-17(15,16)9-5-2-1-3-6-9/h4,7-9H,1-3,5-6H2,(H,13,14). The highest BCUT2D eigenvalue weighted by Gasteiger charge is 2.27. The maximum Gasteiger partial charge on any atom is 0.236 e. The fourth-order valence-electron chi connectivity index (χ4n) is 2.07. The zero-order valence-corrected chi connectivity index (χ0v) is 11.8. The van der Waals surface area contributed by atoms with Gasteiger partial charge in [0.25, 0.3) is 0 Å². The first-order chi connectivity index (χ1) is 8.08. The molecule has 0 spiro atoms. The van der Waals surface area contributed by atoms with Crippen LogP contribution in [-0.4, -0.2) is 18.7 Å². The van der Waals surface area contributed by atoms with E-state index >= 15 is 0 Å². The van der Waals surface area contributed by atoms with E-state index in [2.05, 4.69) is 25.6 Å². The Labute approximate surface area is 110 Å². The number of nitrogens with one attached hydrogen (secondary N) is 1. The van der Waals surface area contributed by atoms with Crippen LogP contribution >= 0.6 is 15.9 Å². The minimum Gasteiger partial charge on any atom is -0.267 e. The smallest absolute Gasteiger partial charge is 0.236 e. The van der Waals surface area contributed by atoms with Crippen LogP contribution in [0, 0.1) is 0 Å². The van der Waals surface area contributed by atoms with Gasteiger partial charge in [0, 0.05) is 0 Å². The van der Waals surface area contributed by atoms with Gasteiger partial charge >= 0.3 is 0 Å². The summed E-state index contributed by atoms with van der Waals surface area (Å²) < 4.78 is 27.4. The summed E-state index contributed by atoms with van der Waals surface area (Å²) in [5.41, 5.74) is 0. The van der Waals surface area contributed by atoms with Crippen molar-refractivity contribution in [2.45, 2.75) is 37.4 Å². The Kier molecular flexibility index (Phi) is 4.04. The van der Waals surface area contributed by atoms with Crippen LogP contribution in [0.3, 0.4) is 0 Å². The molecular formula is C11H15BrN2O2S. The molecule has 0 amide bonds. The summed E-state index contributed by atoms with van der Waals surface area (Å²) in [5, 5.41) is -0.267. The van der Waals surface area contributed by atoms with Gasteiger partial charge < -0.3 is 0 Å². The average molecular weight is 319 g/mol. The van der Waals surface area contributed by atoms with E-state index in [1.165, 1.54) is 0 Å². The van der Waals surface area contributed by atoms with E-state index in [0.29, 0.717) is 10.4 Å². The lowest BCUT2D eigenvalue weighted by Gasteiger charge is -2.22. The molecule has 1 aromatic rings. The summed E-state index contributed by atoms with van der Waals surface area (Å²) in [6.45, 7) is 0. The molecule has 4 nitrogen and oxygen atoms in total. The predicted octanol–water partition coefficient (Wildman–Crippen LogP) is 2.92. The molecule has 0 radical (unpaired) electrons. The van der Waals surface area contributed by atoms with E-state index < -0.39 is 10.0 Å². The number of rotatable bonds is 3. The molecule has 6 heteroatoms. The molecule has 1 aromatic heterocycles. The van der Waals surface area contributed by atoms with E-state index in [4.69, 9.17) is 0 Å². The molecule has 94 valence electrons. The molecule has 0 bridgehead atoms. The topological polar surface area (TPSA) is 59.1 Å². The number of halogens is 1. The van der Waals surface area contributed by atoms with Gasteiger partial charge in [0.2, 0.25) is 10.0 Å². The summed E-state index contributed by atoms with van der Waals surface area (Å²) >= 11 is 3.22. The third-order valence-electron chi connectivity index (χ3n) is 2.95. The van der Waals surface area contributed by atoms with Crippen LogP contribution in [0.4, 0.5) is 5.82 Å². The second kappa shape index (κ2) is 5.35. The lowest BCUT2D eigenvalue weighted by atomic mass is 10.0. The number of sulfonamides is 1. The highest BCUT2D eigenvalue weighted by molar-refractivity contribution is 9.10. The van der Waals surface area contributed by atoms with E-state index in [9.17, 15) is 8.42 Å². The summed E-state index contributed by atoms with van der Waals surface area (Å²) in [5.74, 6) is 0.380. The van der Waals surface area contributed by atoms with Gasteiger partial charge in [-0.1, -0.05) is 25.3 Å². The van der Waals surface area contributed by atoms with Crippen molar-refractivity contribution in [3.63, 3.8) is 0 Å². The summed E-state index contributed by atoms with van der Waals surface area (Å²) in [6.07, 6.45) is 4.64. The Morgan fingerprint density at radius 3 is 2.59 bits per heavy atom. The van der Waals surface area contributed by atoms with Crippen LogP contribution in [0.25, 0.3) is 0 Å². The number of hydrogen-bond donors (Lipinski definition) is 1. The molecule has 1 aliphatic carbocycles. The van der Waals surface area contributed by atoms with Crippen LogP contribution < -0.4 is 4.72 Å². The fraction of sp³-hybridized carbons (Fsp3) is 0.545. The van der Waals surface area contributed by atoms with Crippen LogP contribution in [0.5, 0.6) is 0 Å². The summed E-state index contributed by atoms with van der Waals surface area (Å²) in [7, 11) is -3.29. The summed E-state index contributed by atoms with van der Waals surface area (Å²) in [6, 6.07) is 5.18. The molecule has 0 aliphatic heterocycles. The lowest BCUT2D eigenvalue weighted by Crippen LogP contribution is -2.30. The second-order valence-corrected chi connectivity index (χ2v) is 7.03. The molecule has 0 saturated heterocycles. The minimum atomic E-state index is -3.29. The van der Waals surface area contributed by atoms with Crippen LogP contribution in [0.1, 0.15) is 32.1 Å². The quantitative estimate of drug-likeness (QED) is 0.872. The molecule has 17 heavy (non-hydrogen) atoms. The lowest BCUT2D eigenvalue weighted by molar-refractivity contribution is 0.486. The van der Waals surface area contributed by atoms with Gasteiger partial charge in [0.05, 0.1) is 5.25 Å². The van der Waals surface area contributed by atoms with Gasteiger partial charge in [0.1, 0.15) is 10.4 Å². The van der Waals surface area contributed by atoms with Crippen LogP contribution in [-0.2, 0) is 10.0 Å². The second-order valence-electron chi connectivity index (χ2n) is 4.25. The first kappa shape index (κ1) is 12.8. The molecular weight excluding hydrogens is 304 g/mol. The van der Waals surface area contributed by atoms with E-state index in [1.54, 1.807) is 18.2 Å². The number of nitrogens with zero attached hydrogens (tertiary/aromatic N) is 1. The van der Waals surface area contributed by atoms with Gasteiger partial charge in [0.15, 0.2) is 0 Å². The highest BCUT2D eigenvalue weighted by atomic mass is 79.9. The maximum absolute atomic E-state index is 12.1.